The average molecular weight is 473 g/mol. The molecule has 8 heteroatoms. The SMILES string of the molecule is O=c1[nH]c2cc(/C=C3/c4ccc(F)cc4OCc4ncccc43)ccc2n1CCN1CCOCC1. The Labute approximate surface area is 201 Å². The van der Waals surface area contributed by atoms with Crippen LogP contribution in [0.25, 0.3) is 22.7 Å². The highest BCUT2D eigenvalue weighted by Crippen LogP contribution is 2.37. The van der Waals surface area contributed by atoms with Crippen molar-refractivity contribution in [3.63, 3.8) is 0 Å². The van der Waals surface area contributed by atoms with Gasteiger partial charge in [-0.1, -0.05) is 12.1 Å². The van der Waals surface area contributed by atoms with E-state index in [1.165, 1.54) is 12.1 Å². The number of pyridine rings is 1. The summed E-state index contributed by atoms with van der Waals surface area (Å²) >= 11 is 0. The fraction of sp³-hybridized carbons (Fsp3) is 0.259. The van der Waals surface area contributed by atoms with Crippen molar-refractivity contribution in [2.45, 2.75) is 13.2 Å². The topological polar surface area (TPSA) is 72.4 Å². The van der Waals surface area contributed by atoms with E-state index in [9.17, 15) is 9.18 Å². The van der Waals surface area contributed by atoms with Gasteiger partial charge in [-0.05, 0) is 47.5 Å². The Morgan fingerprint density at radius 3 is 2.83 bits per heavy atom. The lowest BCUT2D eigenvalue weighted by molar-refractivity contribution is 0.0364. The van der Waals surface area contributed by atoms with Crippen molar-refractivity contribution in [2.24, 2.45) is 0 Å². The average Bonchev–Trinajstić information content (AvgIpc) is 3.11. The molecule has 0 spiro atoms. The van der Waals surface area contributed by atoms with Crippen LogP contribution in [0.4, 0.5) is 4.39 Å². The van der Waals surface area contributed by atoms with Crippen molar-refractivity contribution >= 4 is 22.7 Å². The zero-order valence-electron chi connectivity index (χ0n) is 19.2. The van der Waals surface area contributed by atoms with Crippen molar-refractivity contribution < 1.29 is 13.9 Å². The van der Waals surface area contributed by atoms with Gasteiger partial charge in [-0.25, -0.2) is 9.18 Å². The van der Waals surface area contributed by atoms with Gasteiger partial charge < -0.3 is 14.5 Å². The zero-order valence-corrected chi connectivity index (χ0v) is 19.2. The standard InChI is InChI=1S/C27H25FN4O3/c28-19-4-5-21-22(20-2-1-7-29-24(20)17-35-26(21)16-19)14-18-3-6-25-23(15-18)30-27(33)32(25)9-8-31-10-12-34-13-11-31/h1-7,14-16H,8-13,17H2,(H,30,33)/b22-14+. The van der Waals surface area contributed by atoms with Crippen molar-refractivity contribution in [3.05, 3.63) is 93.4 Å². The Hall–Kier alpha value is -3.75. The summed E-state index contributed by atoms with van der Waals surface area (Å²) in [6.07, 6.45) is 3.77. The normalized spacial score (nSPS) is 17.1. The number of ether oxygens (including phenoxy) is 2. The number of benzene rings is 2. The van der Waals surface area contributed by atoms with E-state index in [-0.39, 0.29) is 18.1 Å². The van der Waals surface area contributed by atoms with E-state index in [0.717, 1.165) is 71.8 Å². The molecule has 2 aromatic heterocycles. The molecule has 2 aromatic carbocycles. The summed E-state index contributed by atoms with van der Waals surface area (Å²) in [5.74, 6) is 0.137. The van der Waals surface area contributed by atoms with Crippen molar-refractivity contribution in [3.8, 4) is 5.75 Å². The minimum atomic E-state index is -0.348. The Morgan fingerprint density at radius 2 is 1.94 bits per heavy atom. The fourth-order valence-corrected chi connectivity index (χ4v) is 4.81. The summed E-state index contributed by atoms with van der Waals surface area (Å²) in [6.45, 7) is 4.94. The largest absolute Gasteiger partial charge is 0.487 e. The van der Waals surface area contributed by atoms with Crippen molar-refractivity contribution in [1.82, 2.24) is 19.4 Å². The summed E-state index contributed by atoms with van der Waals surface area (Å²) in [4.78, 5) is 22.5. The highest BCUT2D eigenvalue weighted by atomic mass is 19.1. The molecule has 7 nitrogen and oxygen atoms in total. The number of hydrogen-bond acceptors (Lipinski definition) is 5. The van der Waals surface area contributed by atoms with E-state index in [1.54, 1.807) is 16.8 Å². The molecule has 0 amide bonds. The van der Waals surface area contributed by atoms with Crippen LogP contribution in [-0.4, -0.2) is 52.3 Å². The highest BCUT2D eigenvalue weighted by Gasteiger charge is 2.21. The predicted octanol–water partition coefficient (Wildman–Crippen LogP) is 3.68. The second-order valence-corrected chi connectivity index (χ2v) is 8.80. The molecule has 2 aliphatic rings. The lowest BCUT2D eigenvalue weighted by Gasteiger charge is -2.26. The maximum Gasteiger partial charge on any atom is 0.326 e. The van der Waals surface area contributed by atoms with Gasteiger partial charge >= 0.3 is 5.69 Å². The third-order valence-corrected chi connectivity index (χ3v) is 6.63. The molecule has 0 radical (unpaired) electrons. The molecule has 178 valence electrons. The maximum absolute atomic E-state index is 13.9. The van der Waals surface area contributed by atoms with E-state index in [2.05, 4.69) is 14.9 Å². The molecule has 1 saturated heterocycles. The molecule has 0 bridgehead atoms. The highest BCUT2D eigenvalue weighted by molar-refractivity contribution is 5.95. The smallest absolute Gasteiger partial charge is 0.326 e. The molecule has 0 atom stereocenters. The number of H-pyrrole nitrogens is 1. The van der Waals surface area contributed by atoms with Gasteiger partial charge in [0.1, 0.15) is 18.2 Å². The van der Waals surface area contributed by atoms with Gasteiger partial charge in [-0.2, -0.15) is 0 Å². The first kappa shape index (κ1) is 21.8. The summed E-state index contributed by atoms with van der Waals surface area (Å²) in [5.41, 5.74) is 5.89. The molecule has 1 fully saturated rings. The minimum Gasteiger partial charge on any atom is -0.487 e. The number of morpholine rings is 1. The Morgan fingerprint density at radius 1 is 1.06 bits per heavy atom. The van der Waals surface area contributed by atoms with Gasteiger partial charge in [0.15, 0.2) is 0 Å². The molecule has 6 rings (SSSR count). The first-order valence-electron chi connectivity index (χ1n) is 11.8. The van der Waals surface area contributed by atoms with Crippen LogP contribution in [0.2, 0.25) is 0 Å². The zero-order chi connectivity index (χ0) is 23.8. The fourth-order valence-electron chi connectivity index (χ4n) is 4.81. The number of hydrogen-bond donors (Lipinski definition) is 1. The molecule has 0 saturated carbocycles. The quantitative estimate of drug-likeness (QED) is 0.491. The number of fused-ring (bicyclic) bond motifs is 3. The summed E-state index contributed by atoms with van der Waals surface area (Å²) in [7, 11) is 0. The van der Waals surface area contributed by atoms with Crippen LogP contribution in [0.1, 0.15) is 22.4 Å². The minimum absolute atomic E-state index is 0.115. The number of aromatic nitrogens is 3. The summed E-state index contributed by atoms with van der Waals surface area (Å²) in [5, 5.41) is 0. The number of nitrogens with zero attached hydrogens (tertiary/aromatic N) is 3. The lowest BCUT2D eigenvalue weighted by Crippen LogP contribution is -2.39. The van der Waals surface area contributed by atoms with E-state index >= 15 is 0 Å². The lowest BCUT2D eigenvalue weighted by atomic mass is 9.94. The molecule has 0 aliphatic carbocycles. The van der Waals surface area contributed by atoms with Crippen LogP contribution in [-0.2, 0) is 17.9 Å². The van der Waals surface area contributed by atoms with Crippen LogP contribution in [0, 0.1) is 5.82 Å². The molecular weight excluding hydrogens is 447 g/mol. The Kier molecular flexibility index (Phi) is 5.67. The predicted molar refractivity (Wildman–Crippen MR) is 132 cm³/mol. The number of rotatable bonds is 4. The first-order valence-corrected chi connectivity index (χ1v) is 11.8. The van der Waals surface area contributed by atoms with Crippen LogP contribution in [0.3, 0.4) is 0 Å². The van der Waals surface area contributed by atoms with Gasteiger partial charge in [0, 0.05) is 49.6 Å². The molecule has 0 unspecified atom stereocenters. The molecular formula is C27H25FN4O3. The van der Waals surface area contributed by atoms with E-state index in [0.29, 0.717) is 12.3 Å². The van der Waals surface area contributed by atoms with Gasteiger partial charge in [0.25, 0.3) is 0 Å². The third-order valence-electron chi connectivity index (χ3n) is 6.63. The van der Waals surface area contributed by atoms with Gasteiger partial charge in [-0.3, -0.25) is 14.5 Å². The van der Waals surface area contributed by atoms with E-state index in [4.69, 9.17) is 9.47 Å². The van der Waals surface area contributed by atoms with Crippen LogP contribution in [0.5, 0.6) is 5.75 Å². The molecule has 1 N–H and O–H groups in total. The van der Waals surface area contributed by atoms with E-state index < -0.39 is 0 Å². The van der Waals surface area contributed by atoms with E-state index in [1.807, 2.05) is 36.4 Å². The number of aromatic amines is 1. The summed E-state index contributed by atoms with van der Waals surface area (Å²) in [6, 6.07) is 14.4. The first-order chi connectivity index (χ1) is 17.2. The number of nitrogens with one attached hydrogen (secondary N) is 1. The van der Waals surface area contributed by atoms with Crippen LogP contribution < -0.4 is 10.4 Å². The number of imidazole rings is 1. The monoisotopic (exact) mass is 472 g/mol. The third kappa shape index (κ3) is 4.26. The summed E-state index contributed by atoms with van der Waals surface area (Å²) < 4.78 is 27.0. The Bertz CT molecular complexity index is 1480. The van der Waals surface area contributed by atoms with Gasteiger partial charge in [-0.15, -0.1) is 0 Å². The molecule has 4 aromatic rings. The van der Waals surface area contributed by atoms with Crippen LogP contribution >= 0.6 is 0 Å². The van der Waals surface area contributed by atoms with Crippen molar-refractivity contribution in [1.29, 1.82) is 0 Å². The molecule has 35 heavy (non-hydrogen) atoms. The Balaban J connectivity index is 1.38. The number of halogens is 1. The molecule has 2 aliphatic heterocycles. The van der Waals surface area contributed by atoms with Gasteiger partial charge in [0.05, 0.1) is 29.9 Å². The van der Waals surface area contributed by atoms with Gasteiger partial charge in [0.2, 0.25) is 0 Å². The second kappa shape index (κ2) is 9.13. The second-order valence-electron chi connectivity index (χ2n) is 8.80. The molecule has 4 heterocycles. The maximum atomic E-state index is 13.9. The van der Waals surface area contributed by atoms with Crippen LogP contribution in [0.15, 0.2) is 59.5 Å². The van der Waals surface area contributed by atoms with Crippen molar-refractivity contribution in [2.75, 3.05) is 32.8 Å².